The van der Waals surface area contributed by atoms with E-state index in [9.17, 15) is 0 Å². The van der Waals surface area contributed by atoms with E-state index in [0.29, 0.717) is 5.54 Å². The largest absolute Gasteiger partial charge is 0.310 e. The van der Waals surface area contributed by atoms with Crippen LogP contribution in [0, 0.1) is 23.7 Å². The molecule has 0 aromatic heterocycles. The monoisotopic (exact) mass is 274 g/mol. The maximum absolute atomic E-state index is 3.97. The van der Waals surface area contributed by atoms with Crippen molar-refractivity contribution >= 4 is 0 Å². The Morgan fingerprint density at radius 3 is 2.40 bits per heavy atom. The fourth-order valence-electron chi connectivity index (χ4n) is 6.74. The molecule has 1 N–H and O–H groups in total. The van der Waals surface area contributed by atoms with Crippen LogP contribution in [-0.4, -0.2) is 36.1 Å². The maximum Gasteiger partial charge on any atom is 0.0308 e. The zero-order valence-electron chi connectivity index (χ0n) is 12.8. The van der Waals surface area contributed by atoms with Crippen molar-refractivity contribution in [2.24, 2.45) is 23.7 Å². The standard InChI is InChI=1S/C18H30N2/c1-2-7-18(8-3-1)12-20(10-4-9-19-18)17-15-13-5-6-14(11-13)16(15)17/h13-17,19H,1-12H2. The number of nitrogens with zero attached hydrogens (tertiary/aromatic N) is 1. The second-order valence-electron chi connectivity index (χ2n) is 8.57. The number of nitrogens with one attached hydrogen (secondary N) is 1. The van der Waals surface area contributed by atoms with Crippen molar-refractivity contribution in [1.82, 2.24) is 10.2 Å². The minimum Gasteiger partial charge on any atom is -0.310 e. The summed E-state index contributed by atoms with van der Waals surface area (Å²) < 4.78 is 0. The molecule has 0 amide bonds. The number of hydrogen-bond donors (Lipinski definition) is 1. The van der Waals surface area contributed by atoms with E-state index in [0.717, 1.165) is 29.7 Å². The second kappa shape index (κ2) is 4.46. The van der Waals surface area contributed by atoms with E-state index in [-0.39, 0.29) is 0 Å². The van der Waals surface area contributed by atoms with E-state index in [4.69, 9.17) is 0 Å². The van der Waals surface area contributed by atoms with Gasteiger partial charge in [0.05, 0.1) is 0 Å². The van der Waals surface area contributed by atoms with Gasteiger partial charge in [-0.15, -0.1) is 0 Å². The molecule has 1 heterocycles. The molecule has 5 aliphatic rings. The smallest absolute Gasteiger partial charge is 0.0308 e. The molecule has 112 valence electrons. The van der Waals surface area contributed by atoms with Gasteiger partial charge in [0.1, 0.15) is 0 Å². The van der Waals surface area contributed by atoms with Gasteiger partial charge in [0, 0.05) is 18.1 Å². The van der Waals surface area contributed by atoms with Crippen molar-refractivity contribution in [2.75, 3.05) is 19.6 Å². The Balaban J connectivity index is 1.33. The first-order valence-electron chi connectivity index (χ1n) is 9.35. The summed E-state index contributed by atoms with van der Waals surface area (Å²) in [6.45, 7) is 4.03. The van der Waals surface area contributed by atoms with Gasteiger partial charge in [0.25, 0.3) is 0 Å². The third kappa shape index (κ3) is 1.76. The summed E-state index contributed by atoms with van der Waals surface area (Å²) in [6, 6.07) is 1.01. The number of hydrogen-bond acceptors (Lipinski definition) is 2. The lowest BCUT2D eigenvalue weighted by molar-refractivity contribution is 0.142. The summed E-state index contributed by atoms with van der Waals surface area (Å²) in [5, 5.41) is 3.97. The average molecular weight is 274 g/mol. The van der Waals surface area contributed by atoms with Gasteiger partial charge in [-0.2, -0.15) is 0 Å². The lowest BCUT2D eigenvalue weighted by Crippen LogP contribution is -2.53. The first-order chi connectivity index (χ1) is 9.86. The average Bonchev–Trinajstić information content (AvgIpc) is 2.99. The van der Waals surface area contributed by atoms with E-state index < -0.39 is 0 Å². The Morgan fingerprint density at radius 2 is 1.65 bits per heavy atom. The summed E-state index contributed by atoms with van der Waals surface area (Å²) in [7, 11) is 0. The molecule has 0 radical (unpaired) electrons. The molecular formula is C18H30N2. The molecule has 5 rings (SSSR count). The zero-order valence-corrected chi connectivity index (χ0v) is 12.8. The van der Waals surface area contributed by atoms with Crippen molar-refractivity contribution < 1.29 is 0 Å². The van der Waals surface area contributed by atoms with Crippen LogP contribution in [0.15, 0.2) is 0 Å². The predicted octanol–water partition coefficient (Wildman–Crippen LogP) is 3.03. The Hall–Kier alpha value is -0.0800. The van der Waals surface area contributed by atoms with Gasteiger partial charge in [-0.1, -0.05) is 19.3 Å². The molecule has 4 atom stereocenters. The van der Waals surface area contributed by atoms with Crippen LogP contribution in [0.1, 0.15) is 57.8 Å². The molecule has 2 nitrogen and oxygen atoms in total. The van der Waals surface area contributed by atoms with Gasteiger partial charge in [0.15, 0.2) is 0 Å². The van der Waals surface area contributed by atoms with Gasteiger partial charge in [0.2, 0.25) is 0 Å². The molecule has 5 fully saturated rings. The van der Waals surface area contributed by atoms with Crippen molar-refractivity contribution in [3.8, 4) is 0 Å². The van der Waals surface area contributed by atoms with Gasteiger partial charge >= 0.3 is 0 Å². The minimum absolute atomic E-state index is 0.505. The van der Waals surface area contributed by atoms with Gasteiger partial charge in [-0.05, 0) is 75.3 Å². The molecule has 0 aromatic rings. The van der Waals surface area contributed by atoms with Gasteiger partial charge in [-0.3, -0.25) is 4.90 Å². The summed E-state index contributed by atoms with van der Waals surface area (Å²) in [4.78, 5) is 2.96. The lowest BCUT2D eigenvalue weighted by Gasteiger charge is -2.40. The van der Waals surface area contributed by atoms with Crippen LogP contribution in [0.5, 0.6) is 0 Å². The van der Waals surface area contributed by atoms with Crippen molar-refractivity contribution in [3.63, 3.8) is 0 Å². The summed E-state index contributed by atoms with van der Waals surface area (Å²) in [6.07, 6.45) is 13.4. The fraction of sp³-hybridized carbons (Fsp3) is 1.00. The first-order valence-corrected chi connectivity index (χ1v) is 9.35. The normalized spacial score (nSPS) is 50.1. The number of rotatable bonds is 1. The lowest BCUT2D eigenvalue weighted by atomic mass is 9.81. The van der Waals surface area contributed by atoms with Crippen LogP contribution in [0.3, 0.4) is 0 Å². The minimum atomic E-state index is 0.505. The van der Waals surface area contributed by atoms with E-state index in [1.807, 2.05) is 0 Å². The summed E-state index contributed by atoms with van der Waals surface area (Å²) >= 11 is 0. The second-order valence-corrected chi connectivity index (χ2v) is 8.57. The third-order valence-electron chi connectivity index (χ3n) is 7.55. The molecular weight excluding hydrogens is 244 g/mol. The van der Waals surface area contributed by atoms with E-state index in [1.165, 1.54) is 58.2 Å². The predicted molar refractivity (Wildman–Crippen MR) is 81.6 cm³/mol. The highest BCUT2D eigenvalue weighted by atomic mass is 15.3. The maximum atomic E-state index is 3.97. The van der Waals surface area contributed by atoms with Crippen LogP contribution in [-0.2, 0) is 0 Å². The summed E-state index contributed by atoms with van der Waals surface area (Å²) in [5.74, 6) is 4.53. The third-order valence-corrected chi connectivity index (χ3v) is 7.55. The topological polar surface area (TPSA) is 15.3 Å². The molecule has 0 aromatic carbocycles. The van der Waals surface area contributed by atoms with Crippen LogP contribution in [0.25, 0.3) is 0 Å². The van der Waals surface area contributed by atoms with Gasteiger partial charge < -0.3 is 5.32 Å². The fourth-order valence-corrected chi connectivity index (χ4v) is 6.74. The molecule has 2 heteroatoms. The Labute approximate surface area is 123 Å². The quantitative estimate of drug-likeness (QED) is 0.790. The highest BCUT2D eigenvalue weighted by Crippen LogP contribution is 2.67. The van der Waals surface area contributed by atoms with Crippen LogP contribution < -0.4 is 5.32 Å². The SMILES string of the molecule is C1CCC2(CC1)CN(C1C3C4CCC(C4)C31)CCCN2. The highest BCUT2D eigenvalue weighted by molar-refractivity contribution is 5.18. The number of fused-ring (bicyclic) bond motifs is 5. The molecule has 1 aliphatic heterocycles. The van der Waals surface area contributed by atoms with E-state index in [2.05, 4.69) is 10.2 Å². The van der Waals surface area contributed by atoms with Crippen LogP contribution in [0.2, 0.25) is 0 Å². The Bertz CT molecular complexity index is 371. The van der Waals surface area contributed by atoms with E-state index >= 15 is 0 Å². The molecule has 1 saturated heterocycles. The summed E-state index contributed by atoms with van der Waals surface area (Å²) in [5.41, 5.74) is 0.505. The van der Waals surface area contributed by atoms with E-state index in [1.54, 1.807) is 19.3 Å². The van der Waals surface area contributed by atoms with Crippen molar-refractivity contribution in [3.05, 3.63) is 0 Å². The molecule has 20 heavy (non-hydrogen) atoms. The zero-order chi connectivity index (χ0) is 13.2. The van der Waals surface area contributed by atoms with Crippen LogP contribution >= 0.6 is 0 Å². The molecule has 4 unspecified atom stereocenters. The molecule has 4 aliphatic carbocycles. The Kier molecular flexibility index (Phi) is 2.78. The molecule has 1 spiro atoms. The Morgan fingerprint density at radius 1 is 0.900 bits per heavy atom. The van der Waals surface area contributed by atoms with Crippen LogP contribution in [0.4, 0.5) is 0 Å². The highest BCUT2D eigenvalue weighted by Gasteiger charge is 2.66. The molecule has 2 bridgehead atoms. The van der Waals surface area contributed by atoms with Gasteiger partial charge in [-0.25, -0.2) is 0 Å². The molecule has 4 saturated carbocycles. The first kappa shape index (κ1) is 12.5. The van der Waals surface area contributed by atoms with Crippen molar-refractivity contribution in [1.29, 1.82) is 0 Å². The van der Waals surface area contributed by atoms with Crippen molar-refractivity contribution in [2.45, 2.75) is 69.4 Å².